The summed E-state index contributed by atoms with van der Waals surface area (Å²) < 4.78 is 11.9. The lowest BCUT2D eigenvalue weighted by atomic mass is 9.88. The summed E-state index contributed by atoms with van der Waals surface area (Å²) in [5.41, 5.74) is 6.15. The zero-order valence-electron chi connectivity index (χ0n) is 11.5. The summed E-state index contributed by atoms with van der Waals surface area (Å²) >= 11 is 0. The zero-order chi connectivity index (χ0) is 13.8. The van der Waals surface area contributed by atoms with Gasteiger partial charge in [-0.15, -0.1) is 0 Å². The van der Waals surface area contributed by atoms with Gasteiger partial charge < -0.3 is 9.47 Å². The van der Waals surface area contributed by atoms with Crippen molar-refractivity contribution in [1.29, 1.82) is 0 Å². The highest BCUT2D eigenvalue weighted by Crippen LogP contribution is 2.52. The Hall–Kier alpha value is -2.32. The molecule has 0 aromatic heterocycles. The fourth-order valence-electron chi connectivity index (χ4n) is 3.53. The molecule has 3 heterocycles. The minimum absolute atomic E-state index is 0.0649. The Morgan fingerprint density at radius 2 is 1.76 bits per heavy atom. The van der Waals surface area contributed by atoms with Crippen LogP contribution in [-0.2, 0) is 4.74 Å². The number of hydrogen-bond donors (Lipinski definition) is 0. The highest BCUT2D eigenvalue weighted by Gasteiger charge is 2.38. The lowest BCUT2D eigenvalue weighted by Crippen LogP contribution is -2.09. The third-order valence-electron chi connectivity index (χ3n) is 4.46. The summed E-state index contributed by atoms with van der Waals surface area (Å²) in [6.45, 7) is 0.620. The number of rotatable bonds is 1. The van der Waals surface area contributed by atoms with Gasteiger partial charge in [0, 0.05) is 11.1 Å². The van der Waals surface area contributed by atoms with Gasteiger partial charge in [-0.1, -0.05) is 54.6 Å². The Morgan fingerprint density at radius 1 is 0.905 bits per heavy atom. The van der Waals surface area contributed by atoms with Crippen molar-refractivity contribution in [2.45, 2.75) is 12.2 Å². The largest absolute Gasteiger partial charge is 0.488 e. The molecule has 0 N–H and O–H groups in total. The van der Waals surface area contributed by atoms with Crippen LogP contribution in [0.1, 0.15) is 34.5 Å². The van der Waals surface area contributed by atoms with E-state index in [0.29, 0.717) is 6.61 Å². The quantitative estimate of drug-likeness (QED) is 0.726. The molecule has 21 heavy (non-hydrogen) atoms. The minimum Gasteiger partial charge on any atom is -0.488 e. The van der Waals surface area contributed by atoms with Crippen LogP contribution in [0.4, 0.5) is 0 Å². The van der Waals surface area contributed by atoms with Crippen molar-refractivity contribution in [3.05, 3.63) is 82.9 Å². The van der Waals surface area contributed by atoms with E-state index in [-0.39, 0.29) is 12.2 Å². The first-order valence-corrected chi connectivity index (χ1v) is 7.31. The second-order valence-electron chi connectivity index (χ2n) is 5.60. The fourth-order valence-corrected chi connectivity index (χ4v) is 3.53. The predicted octanol–water partition coefficient (Wildman–Crippen LogP) is 4.19. The summed E-state index contributed by atoms with van der Waals surface area (Å²) in [7, 11) is 0. The van der Waals surface area contributed by atoms with Crippen LogP contribution in [0.15, 0.2) is 60.7 Å². The van der Waals surface area contributed by atoms with Gasteiger partial charge in [-0.3, -0.25) is 0 Å². The molecule has 2 unspecified atom stereocenters. The zero-order valence-corrected chi connectivity index (χ0v) is 11.5. The van der Waals surface area contributed by atoms with Crippen molar-refractivity contribution in [2.75, 3.05) is 6.61 Å². The molecule has 0 spiro atoms. The van der Waals surface area contributed by atoms with Crippen LogP contribution in [0, 0.1) is 0 Å². The lowest BCUT2D eigenvalue weighted by Gasteiger charge is -2.23. The van der Waals surface area contributed by atoms with Gasteiger partial charge in [0.1, 0.15) is 24.6 Å². The molecule has 2 atom stereocenters. The molecule has 3 aliphatic heterocycles. The molecular formula is C19H14O2. The molecule has 0 radical (unpaired) electrons. The van der Waals surface area contributed by atoms with Gasteiger partial charge in [0.25, 0.3) is 0 Å². The monoisotopic (exact) mass is 274 g/mol. The molecule has 102 valence electrons. The second kappa shape index (κ2) is 4.09. The van der Waals surface area contributed by atoms with Gasteiger partial charge in [-0.05, 0) is 22.8 Å². The van der Waals surface area contributed by atoms with Gasteiger partial charge in [0.2, 0.25) is 0 Å². The molecule has 2 bridgehead atoms. The number of hydrogen-bond acceptors (Lipinski definition) is 2. The first kappa shape index (κ1) is 11.4. The molecule has 0 aliphatic carbocycles. The van der Waals surface area contributed by atoms with Crippen molar-refractivity contribution >= 4 is 5.57 Å². The normalized spacial score (nSPS) is 24.3. The first-order chi connectivity index (χ1) is 10.4. The van der Waals surface area contributed by atoms with Gasteiger partial charge in [0.15, 0.2) is 0 Å². The third-order valence-corrected chi connectivity index (χ3v) is 4.46. The molecule has 2 heteroatoms. The van der Waals surface area contributed by atoms with E-state index in [0.717, 1.165) is 5.75 Å². The molecule has 0 fully saturated rings. The molecule has 0 saturated heterocycles. The lowest BCUT2D eigenvalue weighted by molar-refractivity contribution is 0.0868. The van der Waals surface area contributed by atoms with E-state index in [4.69, 9.17) is 9.47 Å². The van der Waals surface area contributed by atoms with E-state index < -0.39 is 0 Å². The topological polar surface area (TPSA) is 18.5 Å². The molecule has 0 saturated carbocycles. The van der Waals surface area contributed by atoms with Gasteiger partial charge in [-0.25, -0.2) is 0 Å². The molecular weight excluding hydrogens is 260 g/mol. The smallest absolute Gasteiger partial charge is 0.134 e. The Kier molecular flexibility index (Phi) is 2.21. The maximum atomic E-state index is 5.98. The Labute approximate surface area is 123 Å². The Bertz CT molecular complexity index is 787. The minimum atomic E-state index is 0.0649. The van der Waals surface area contributed by atoms with Crippen LogP contribution in [-0.4, -0.2) is 6.61 Å². The van der Waals surface area contributed by atoms with Crippen LogP contribution < -0.4 is 4.74 Å². The molecule has 2 nitrogen and oxygen atoms in total. The maximum Gasteiger partial charge on any atom is 0.134 e. The summed E-state index contributed by atoms with van der Waals surface area (Å²) in [5, 5.41) is 0. The summed E-state index contributed by atoms with van der Waals surface area (Å²) in [4.78, 5) is 0. The molecule has 2 aromatic rings. The Morgan fingerprint density at radius 3 is 2.67 bits per heavy atom. The molecule has 5 rings (SSSR count). The van der Waals surface area contributed by atoms with Crippen molar-refractivity contribution in [3.8, 4) is 5.75 Å². The molecule has 0 amide bonds. The van der Waals surface area contributed by atoms with Crippen LogP contribution in [0.2, 0.25) is 0 Å². The van der Waals surface area contributed by atoms with E-state index in [2.05, 4.69) is 54.6 Å². The van der Waals surface area contributed by atoms with E-state index in [1.807, 2.05) is 6.07 Å². The SMILES string of the molecule is C1=CC2OC1c1ccc3c(c12)OCC=C3c1ccccc1. The highest BCUT2D eigenvalue weighted by molar-refractivity contribution is 5.85. The van der Waals surface area contributed by atoms with Crippen LogP contribution in [0.3, 0.4) is 0 Å². The van der Waals surface area contributed by atoms with Gasteiger partial charge in [0.05, 0.1) is 0 Å². The van der Waals surface area contributed by atoms with Crippen LogP contribution in [0.25, 0.3) is 5.57 Å². The van der Waals surface area contributed by atoms with Crippen LogP contribution >= 0.6 is 0 Å². The van der Waals surface area contributed by atoms with Gasteiger partial charge in [-0.2, -0.15) is 0 Å². The number of fused-ring (bicyclic) bond motifs is 7. The third kappa shape index (κ3) is 1.51. The number of ether oxygens (including phenoxy) is 2. The van der Waals surface area contributed by atoms with Crippen molar-refractivity contribution < 1.29 is 9.47 Å². The van der Waals surface area contributed by atoms with E-state index in [9.17, 15) is 0 Å². The predicted molar refractivity (Wildman–Crippen MR) is 81.2 cm³/mol. The maximum absolute atomic E-state index is 5.98. The fraction of sp³-hybridized carbons (Fsp3) is 0.158. The molecule has 3 aliphatic rings. The van der Waals surface area contributed by atoms with E-state index in [1.165, 1.54) is 27.8 Å². The van der Waals surface area contributed by atoms with E-state index >= 15 is 0 Å². The average Bonchev–Trinajstić information content (AvgIpc) is 3.17. The summed E-state index contributed by atoms with van der Waals surface area (Å²) in [6.07, 6.45) is 6.61. The Balaban J connectivity index is 1.71. The van der Waals surface area contributed by atoms with Crippen LogP contribution in [0.5, 0.6) is 5.75 Å². The highest BCUT2D eigenvalue weighted by atomic mass is 16.5. The van der Waals surface area contributed by atoms with Crippen molar-refractivity contribution in [3.63, 3.8) is 0 Å². The van der Waals surface area contributed by atoms with E-state index in [1.54, 1.807) is 0 Å². The standard InChI is InChI=1S/C19H14O2/c1-2-4-12(5-3-1)13-10-11-20-19-14(13)6-7-15-16-8-9-17(21-16)18(15)19/h1-10,16-17H,11H2. The van der Waals surface area contributed by atoms with Crippen molar-refractivity contribution in [1.82, 2.24) is 0 Å². The number of benzene rings is 2. The average molecular weight is 274 g/mol. The second-order valence-corrected chi connectivity index (χ2v) is 5.60. The molecule has 2 aromatic carbocycles. The summed E-state index contributed by atoms with van der Waals surface area (Å²) in [5.74, 6) is 1.01. The first-order valence-electron chi connectivity index (χ1n) is 7.31. The summed E-state index contributed by atoms with van der Waals surface area (Å²) in [6, 6.07) is 14.9. The van der Waals surface area contributed by atoms with Crippen molar-refractivity contribution in [2.24, 2.45) is 0 Å². The van der Waals surface area contributed by atoms with Gasteiger partial charge >= 0.3 is 0 Å².